The maximum absolute atomic E-state index is 11.8. The van der Waals surface area contributed by atoms with Crippen LogP contribution in [0.25, 0.3) is 0 Å². The van der Waals surface area contributed by atoms with Gasteiger partial charge in [0.2, 0.25) is 0 Å². The lowest BCUT2D eigenvalue weighted by molar-refractivity contribution is -0.138. The molecule has 0 unspecified atom stereocenters. The Bertz CT molecular complexity index is 504. The predicted octanol–water partition coefficient (Wildman–Crippen LogP) is 1.81. The Hall–Kier alpha value is -1.40. The van der Waals surface area contributed by atoms with Crippen molar-refractivity contribution in [2.24, 2.45) is 5.92 Å². The molecule has 1 N–H and O–H groups in total. The van der Waals surface area contributed by atoms with Gasteiger partial charge in [-0.3, -0.25) is 8.98 Å². The number of benzene rings is 1. The minimum Gasteiger partial charge on any atom is -0.481 e. The standard InChI is InChI=1S/C12H16O5S/c1-9-3-5-11(6-4-9)18(15,16)17-8-10(2)7-12(13)14/h3-6,10H,7-8H2,1-2H3,(H,13,14)/t10-/m0/s1. The van der Waals surface area contributed by atoms with Gasteiger partial charge in [-0.15, -0.1) is 0 Å². The first kappa shape index (κ1) is 14.7. The highest BCUT2D eigenvalue weighted by Gasteiger charge is 2.17. The average molecular weight is 272 g/mol. The van der Waals surface area contributed by atoms with E-state index in [9.17, 15) is 13.2 Å². The predicted molar refractivity (Wildman–Crippen MR) is 65.7 cm³/mol. The molecule has 0 fully saturated rings. The summed E-state index contributed by atoms with van der Waals surface area (Å²) in [5, 5.41) is 8.56. The van der Waals surface area contributed by atoms with E-state index in [0.717, 1.165) is 5.56 Å². The van der Waals surface area contributed by atoms with Crippen LogP contribution in [-0.4, -0.2) is 26.1 Å². The number of carboxylic acid groups (broad SMARTS) is 1. The highest BCUT2D eigenvalue weighted by atomic mass is 32.2. The number of aliphatic carboxylic acids is 1. The molecular formula is C12H16O5S. The van der Waals surface area contributed by atoms with Gasteiger partial charge in [-0.1, -0.05) is 24.6 Å². The third-order valence-electron chi connectivity index (χ3n) is 2.34. The lowest BCUT2D eigenvalue weighted by atomic mass is 10.1. The normalized spacial score (nSPS) is 13.2. The molecule has 0 aliphatic rings. The second-order valence-electron chi connectivity index (χ2n) is 4.25. The van der Waals surface area contributed by atoms with Gasteiger partial charge in [-0.05, 0) is 25.0 Å². The van der Waals surface area contributed by atoms with E-state index in [2.05, 4.69) is 0 Å². The van der Waals surface area contributed by atoms with Gasteiger partial charge in [0.05, 0.1) is 17.9 Å². The van der Waals surface area contributed by atoms with Crippen LogP contribution in [0.2, 0.25) is 0 Å². The largest absolute Gasteiger partial charge is 0.481 e. The van der Waals surface area contributed by atoms with E-state index in [4.69, 9.17) is 9.29 Å². The van der Waals surface area contributed by atoms with E-state index in [-0.39, 0.29) is 23.8 Å². The van der Waals surface area contributed by atoms with Crippen LogP contribution in [0.15, 0.2) is 29.2 Å². The van der Waals surface area contributed by atoms with Crippen molar-refractivity contribution in [3.8, 4) is 0 Å². The fourth-order valence-electron chi connectivity index (χ4n) is 1.34. The summed E-state index contributed by atoms with van der Waals surface area (Å²) in [6, 6.07) is 6.28. The van der Waals surface area contributed by atoms with Crippen molar-refractivity contribution in [1.29, 1.82) is 0 Å². The summed E-state index contributed by atoms with van der Waals surface area (Å²) >= 11 is 0. The van der Waals surface area contributed by atoms with Crippen molar-refractivity contribution < 1.29 is 22.5 Å². The molecule has 6 heteroatoms. The summed E-state index contributed by atoms with van der Waals surface area (Å²) < 4.78 is 28.4. The van der Waals surface area contributed by atoms with E-state index >= 15 is 0 Å². The molecule has 0 heterocycles. The molecule has 5 nitrogen and oxygen atoms in total. The van der Waals surface area contributed by atoms with E-state index in [1.165, 1.54) is 12.1 Å². The third kappa shape index (κ3) is 4.46. The zero-order valence-electron chi connectivity index (χ0n) is 10.3. The first-order valence-corrected chi connectivity index (χ1v) is 6.90. The third-order valence-corrected chi connectivity index (χ3v) is 3.64. The van der Waals surface area contributed by atoms with Crippen LogP contribution in [0.1, 0.15) is 18.9 Å². The smallest absolute Gasteiger partial charge is 0.303 e. The van der Waals surface area contributed by atoms with Crippen molar-refractivity contribution in [2.45, 2.75) is 25.2 Å². The van der Waals surface area contributed by atoms with Gasteiger partial charge in [0.15, 0.2) is 0 Å². The van der Waals surface area contributed by atoms with Crippen LogP contribution in [0.4, 0.5) is 0 Å². The SMILES string of the molecule is Cc1ccc(S(=O)(=O)OC[C@@H](C)CC(=O)O)cc1. The van der Waals surface area contributed by atoms with Gasteiger partial charge < -0.3 is 5.11 Å². The Morgan fingerprint density at radius 1 is 1.33 bits per heavy atom. The molecule has 0 amide bonds. The number of aryl methyl sites for hydroxylation is 1. The van der Waals surface area contributed by atoms with Crippen molar-refractivity contribution in [3.05, 3.63) is 29.8 Å². The molecule has 0 radical (unpaired) electrons. The lowest BCUT2D eigenvalue weighted by Crippen LogP contribution is -2.15. The number of carbonyl (C=O) groups is 1. The monoisotopic (exact) mass is 272 g/mol. The fourth-order valence-corrected chi connectivity index (χ4v) is 2.35. The quantitative estimate of drug-likeness (QED) is 0.799. The molecule has 0 saturated heterocycles. The van der Waals surface area contributed by atoms with Gasteiger partial charge in [0.1, 0.15) is 0 Å². The fraction of sp³-hybridized carbons (Fsp3) is 0.417. The Balaban J connectivity index is 2.65. The number of hydrogen-bond donors (Lipinski definition) is 1. The molecule has 100 valence electrons. The molecule has 0 bridgehead atoms. The van der Waals surface area contributed by atoms with Gasteiger partial charge in [-0.25, -0.2) is 0 Å². The van der Waals surface area contributed by atoms with Gasteiger partial charge in [0, 0.05) is 0 Å². The summed E-state index contributed by atoms with van der Waals surface area (Å²) in [4.78, 5) is 10.5. The van der Waals surface area contributed by atoms with Crippen molar-refractivity contribution >= 4 is 16.1 Å². The molecule has 0 spiro atoms. The summed E-state index contributed by atoms with van der Waals surface area (Å²) in [6.07, 6.45) is -0.122. The first-order chi connectivity index (χ1) is 8.31. The van der Waals surface area contributed by atoms with Crippen LogP contribution in [0.3, 0.4) is 0 Å². The van der Waals surface area contributed by atoms with E-state index in [0.29, 0.717) is 0 Å². The number of carboxylic acids is 1. The first-order valence-electron chi connectivity index (χ1n) is 5.49. The number of rotatable bonds is 6. The van der Waals surface area contributed by atoms with Crippen molar-refractivity contribution in [3.63, 3.8) is 0 Å². The molecule has 1 aromatic rings. The summed E-state index contributed by atoms with van der Waals surface area (Å²) in [5.74, 6) is -1.33. The molecule has 1 rings (SSSR count). The van der Waals surface area contributed by atoms with Crippen LogP contribution in [0.5, 0.6) is 0 Å². The van der Waals surface area contributed by atoms with Crippen molar-refractivity contribution in [2.75, 3.05) is 6.61 Å². The zero-order valence-corrected chi connectivity index (χ0v) is 11.1. The summed E-state index contributed by atoms with van der Waals surface area (Å²) in [5.41, 5.74) is 0.952. The molecule has 1 atom stereocenters. The molecule has 0 aliphatic heterocycles. The molecule has 18 heavy (non-hydrogen) atoms. The Morgan fingerprint density at radius 2 is 1.89 bits per heavy atom. The minimum absolute atomic E-state index is 0.0793. The van der Waals surface area contributed by atoms with Crippen molar-refractivity contribution in [1.82, 2.24) is 0 Å². The maximum atomic E-state index is 11.8. The van der Waals surface area contributed by atoms with Crippen LogP contribution in [-0.2, 0) is 19.1 Å². The van der Waals surface area contributed by atoms with Crippen LogP contribution in [0, 0.1) is 12.8 Å². The summed E-state index contributed by atoms with van der Waals surface area (Å²) in [6.45, 7) is 3.34. The van der Waals surface area contributed by atoms with Crippen LogP contribution >= 0.6 is 0 Å². The average Bonchev–Trinajstić information content (AvgIpc) is 2.26. The topological polar surface area (TPSA) is 80.7 Å². The molecular weight excluding hydrogens is 256 g/mol. The van der Waals surface area contributed by atoms with E-state index in [1.807, 2.05) is 6.92 Å². The van der Waals surface area contributed by atoms with Gasteiger partial charge in [0.25, 0.3) is 10.1 Å². The second-order valence-corrected chi connectivity index (χ2v) is 5.87. The maximum Gasteiger partial charge on any atom is 0.303 e. The van der Waals surface area contributed by atoms with E-state index in [1.54, 1.807) is 19.1 Å². The zero-order chi connectivity index (χ0) is 13.8. The lowest BCUT2D eigenvalue weighted by Gasteiger charge is -2.10. The minimum atomic E-state index is -3.80. The van der Waals surface area contributed by atoms with Gasteiger partial charge in [-0.2, -0.15) is 8.42 Å². The molecule has 1 aromatic carbocycles. The second kappa shape index (κ2) is 5.97. The van der Waals surface area contributed by atoms with Gasteiger partial charge >= 0.3 is 5.97 Å². The molecule has 0 saturated carbocycles. The van der Waals surface area contributed by atoms with Crippen LogP contribution < -0.4 is 0 Å². The highest BCUT2D eigenvalue weighted by molar-refractivity contribution is 7.86. The molecule has 0 aliphatic carbocycles. The Kier molecular flexibility index (Phi) is 4.86. The summed E-state index contributed by atoms with van der Waals surface area (Å²) in [7, 11) is -3.80. The molecule has 0 aromatic heterocycles. The van der Waals surface area contributed by atoms with E-state index < -0.39 is 16.1 Å². The Labute approximate surface area is 107 Å². The highest BCUT2D eigenvalue weighted by Crippen LogP contribution is 2.15. The Morgan fingerprint density at radius 3 is 2.39 bits per heavy atom. The number of hydrogen-bond acceptors (Lipinski definition) is 4.